The number of aromatic nitrogens is 4. The average Bonchev–Trinajstić information content (AvgIpc) is 2.96. The van der Waals surface area contributed by atoms with Gasteiger partial charge in [-0.1, -0.05) is 6.42 Å². The monoisotopic (exact) mass is 318 g/mol. The molecule has 0 aliphatic heterocycles. The van der Waals surface area contributed by atoms with Crippen LogP contribution in [-0.2, 0) is 20.1 Å². The maximum atomic E-state index is 12.5. The van der Waals surface area contributed by atoms with E-state index in [0.717, 1.165) is 12.8 Å². The van der Waals surface area contributed by atoms with E-state index in [1.54, 1.807) is 14.1 Å². The molecule has 124 valence electrons. The summed E-state index contributed by atoms with van der Waals surface area (Å²) < 4.78 is 2.63. The minimum absolute atomic E-state index is 0.00579. The Morgan fingerprint density at radius 2 is 2.13 bits per heavy atom. The van der Waals surface area contributed by atoms with Crippen LogP contribution in [0, 0.1) is 17.2 Å². The van der Waals surface area contributed by atoms with E-state index < -0.39 is 0 Å². The molecular formula is C15H22N6O2. The quantitative estimate of drug-likeness (QED) is 0.722. The van der Waals surface area contributed by atoms with Crippen molar-refractivity contribution >= 4 is 11.2 Å². The van der Waals surface area contributed by atoms with Crippen LogP contribution >= 0.6 is 0 Å². The zero-order valence-corrected chi connectivity index (χ0v) is 13.7. The first-order chi connectivity index (χ1) is 11.0. The second-order valence-corrected chi connectivity index (χ2v) is 5.74. The maximum absolute atomic E-state index is 12.5. The Labute approximate surface area is 133 Å². The van der Waals surface area contributed by atoms with Gasteiger partial charge in [0.2, 0.25) is 0 Å². The van der Waals surface area contributed by atoms with Crippen molar-refractivity contribution in [3.63, 3.8) is 0 Å². The Kier molecular flexibility index (Phi) is 5.34. The lowest BCUT2D eigenvalue weighted by atomic mass is 10.1. The Hall–Kier alpha value is -2.40. The molecule has 0 saturated carbocycles. The van der Waals surface area contributed by atoms with Crippen LogP contribution in [0.25, 0.3) is 11.2 Å². The SMILES string of the molecule is CNCc1nc2c([nH]1)c(=O)n(CCCC[C@@H](C)C#N)c(=O)n2C. The number of fused-ring (bicyclic) bond motifs is 1. The van der Waals surface area contributed by atoms with Crippen molar-refractivity contribution in [3.05, 3.63) is 26.7 Å². The molecule has 0 aromatic carbocycles. The highest BCUT2D eigenvalue weighted by molar-refractivity contribution is 5.69. The van der Waals surface area contributed by atoms with Crippen molar-refractivity contribution in [2.75, 3.05) is 7.05 Å². The summed E-state index contributed by atoms with van der Waals surface area (Å²) in [5.74, 6) is 0.615. The van der Waals surface area contributed by atoms with Crippen molar-refractivity contribution in [3.8, 4) is 6.07 Å². The maximum Gasteiger partial charge on any atom is 0.332 e. The largest absolute Gasteiger partial charge is 0.335 e. The van der Waals surface area contributed by atoms with Gasteiger partial charge in [0.1, 0.15) is 11.3 Å². The zero-order chi connectivity index (χ0) is 17.0. The molecular weight excluding hydrogens is 296 g/mol. The number of imidazole rings is 1. The van der Waals surface area contributed by atoms with Gasteiger partial charge >= 0.3 is 5.69 Å². The average molecular weight is 318 g/mol. The van der Waals surface area contributed by atoms with Crippen molar-refractivity contribution in [1.82, 2.24) is 24.4 Å². The normalized spacial score (nSPS) is 12.4. The zero-order valence-electron chi connectivity index (χ0n) is 13.7. The number of aryl methyl sites for hydroxylation is 1. The minimum atomic E-state index is -0.363. The lowest BCUT2D eigenvalue weighted by Crippen LogP contribution is -2.39. The lowest BCUT2D eigenvalue weighted by Gasteiger charge is -2.08. The van der Waals surface area contributed by atoms with E-state index in [1.165, 1.54) is 9.13 Å². The van der Waals surface area contributed by atoms with Gasteiger partial charge in [0, 0.05) is 19.5 Å². The molecule has 0 bridgehead atoms. The molecule has 2 aromatic rings. The van der Waals surface area contributed by atoms with Gasteiger partial charge < -0.3 is 10.3 Å². The van der Waals surface area contributed by atoms with Crippen LogP contribution in [0.1, 0.15) is 32.0 Å². The molecule has 2 N–H and O–H groups in total. The summed E-state index contributed by atoms with van der Waals surface area (Å²) in [5.41, 5.74) is 0.0203. The second kappa shape index (κ2) is 7.24. The molecule has 0 unspecified atom stereocenters. The van der Waals surface area contributed by atoms with Gasteiger partial charge in [-0.25, -0.2) is 9.78 Å². The number of rotatable bonds is 7. The van der Waals surface area contributed by atoms with Gasteiger partial charge in [-0.3, -0.25) is 13.9 Å². The number of aromatic amines is 1. The smallest absolute Gasteiger partial charge is 0.332 e. The summed E-state index contributed by atoms with van der Waals surface area (Å²) in [7, 11) is 3.40. The van der Waals surface area contributed by atoms with Gasteiger partial charge in [0.25, 0.3) is 5.56 Å². The van der Waals surface area contributed by atoms with Crippen LogP contribution in [0.2, 0.25) is 0 Å². The fourth-order valence-electron chi connectivity index (χ4n) is 2.53. The summed E-state index contributed by atoms with van der Waals surface area (Å²) in [6.07, 6.45) is 2.25. The summed E-state index contributed by atoms with van der Waals surface area (Å²) in [4.78, 5) is 32.1. The first-order valence-corrected chi connectivity index (χ1v) is 7.72. The van der Waals surface area contributed by atoms with Crippen LogP contribution in [-0.4, -0.2) is 26.1 Å². The number of nitriles is 1. The van der Waals surface area contributed by atoms with E-state index in [4.69, 9.17) is 5.26 Å². The Morgan fingerprint density at radius 3 is 2.78 bits per heavy atom. The number of H-pyrrole nitrogens is 1. The molecule has 8 heteroatoms. The number of unbranched alkanes of at least 4 members (excludes halogenated alkanes) is 1. The predicted octanol–water partition coefficient (Wildman–Crippen LogP) is 0.473. The van der Waals surface area contributed by atoms with Crippen LogP contribution in [0.15, 0.2) is 9.59 Å². The molecule has 23 heavy (non-hydrogen) atoms. The van der Waals surface area contributed by atoms with Gasteiger partial charge in [-0.15, -0.1) is 0 Å². The molecule has 2 rings (SSSR count). The highest BCUT2D eigenvalue weighted by Gasteiger charge is 2.15. The number of nitrogens with zero attached hydrogens (tertiary/aromatic N) is 4. The van der Waals surface area contributed by atoms with Gasteiger partial charge in [0.15, 0.2) is 5.65 Å². The molecule has 0 aliphatic carbocycles. The molecule has 0 radical (unpaired) electrons. The second-order valence-electron chi connectivity index (χ2n) is 5.74. The summed E-state index contributed by atoms with van der Waals surface area (Å²) in [5, 5.41) is 11.7. The lowest BCUT2D eigenvalue weighted by molar-refractivity contribution is 0.516. The molecule has 0 aliphatic rings. The van der Waals surface area contributed by atoms with Crippen molar-refractivity contribution in [1.29, 1.82) is 5.26 Å². The summed E-state index contributed by atoms with van der Waals surface area (Å²) in [6.45, 7) is 2.71. The van der Waals surface area contributed by atoms with E-state index in [-0.39, 0.29) is 17.2 Å². The highest BCUT2D eigenvalue weighted by atomic mass is 16.2. The van der Waals surface area contributed by atoms with E-state index in [0.29, 0.717) is 36.5 Å². The topological polar surface area (TPSA) is 108 Å². The molecule has 2 heterocycles. The summed E-state index contributed by atoms with van der Waals surface area (Å²) in [6, 6.07) is 2.18. The van der Waals surface area contributed by atoms with E-state index in [2.05, 4.69) is 21.4 Å². The molecule has 0 fully saturated rings. The minimum Gasteiger partial charge on any atom is -0.335 e. The third-order valence-electron chi connectivity index (χ3n) is 3.86. The third kappa shape index (κ3) is 3.51. The van der Waals surface area contributed by atoms with Gasteiger partial charge in [0.05, 0.1) is 12.6 Å². The van der Waals surface area contributed by atoms with Crippen LogP contribution in [0.4, 0.5) is 0 Å². The molecule has 0 spiro atoms. The molecule has 2 aromatic heterocycles. The van der Waals surface area contributed by atoms with Crippen LogP contribution in [0.3, 0.4) is 0 Å². The number of hydrogen-bond donors (Lipinski definition) is 2. The van der Waals surface area contributed by atoms with E-state index >= 15 is 0 Å². The standard InChI is InChI=1S/C15H22N6O2/c1-10(8-16)6-4-5-7-21-14(22)12-13(20(3)15(21)23)19-11(18-12)9-17-2/h10,17H,4-7,9H2,1-3H3,(H,18,19)/t10-/m1/s1. The fourth-order valence-corrected chi connectivity index (χ4v) is 2.53. The van der Waals surface area contributed by atoms with Crippen molar-refractivity contribution in [2.24, 2.45) is 13.0 Å². The predicted molar refractivity (Wildman–Crippen MR) is 87.0 cm³/mol. The Morgan fingerprint density at radius 1 is 1.39 bits per heavy atom. The van der Waals surface area contributed by atoms with E-state index in [9.17, 15) is 9.59 Å². The first kappa shape index (κ1) is 17.0. The van der Waals surface area contributed by atoms with Crippen LogP contribution < -0.4 is 16.6 Å². The first-order valence-electron chi connectivity index (χ1n) is 7.72. The van der Waals surface area contributed by atoms with Crippen molar-refractivity contribution in [2.45, 2.75) is 39.3 Å². The molecule has 0 saturated heterocycles. The molecule has 0 amide bonds. The number of nitrogens with one attached hydrogen (secondary N) is 2. The van der Waals surface area contributed by atoms with Crippen molar-refractivity contribution < 1.29 is 0 Å². The summed E-state index contributed by atoms with van der Waals surface area (Å²) >= 11 is 0. The molecule has 8 nitrogen and oxygen atoms in total. The van der Waals surface area contributed by atoms with E-state index in [1.807, 2.05) is 6.92 Å². The fraction of sp³-hybridized carbons (Fsp3) is 0.600. The van der Waals surface area contributed by atoms with Crippen LogP contribution in [0.5, 0.6) is 0 Å². The molecule has 1 atom stereocenters. The van der Waals surface area contributed by atoms with Gasteiger partial charge in [-0.05, 0) is 26.8 Å². The Bertz CT molecular complexity index is 838. The van der Waals surface area contributed by atoms with Gasteiger partial charge in [-0.2, -0.15) is 5.26 Å². The highest BCUT2D eigenvalue weighted by Crippen LogP contribution is 2.08. The Balaban J connectivity index is 2.28. The number of hydrogen-bond acceptors (Lipinski definition) is 5. The third-order valence-corrected chi connectivity index (χ3v) is 3.86.